The Morgan fingerprint density at radius 1 is 0.875 bits per heavy atom. The van der Waals surface area contributed by atoms with Crippen LogP contribution in [0.15, 0.2) is 36.4 Å². The van der Waals surface area contributed by atoms with Crippen molar-refractivity contribution >= 4 is 23.4 Å². The minimum atomic E-state index is -0.425. The Morgan fingerprint density at radius 3 is 2.17 bits per heavy atom. The van der Waals surface area contributed by atoms with Crippen molar-refractivity contribution in [2.24, 2.45) is 0 Å². The van der Waals surface area contributed by atoms with Gasteiger partial charge < -0.3 is 5.32 Å². The van der Waals surface area contributed by atoms with Gasteiger partial charge >= 0.3 is 0 Å². The molecule has 0 saturated carbocycles. The van der Waals surface area contributed by atoms with E-state index in [1.54, 1.807) is 18.2 Å². The summed E-state index contributed by atoms with van der Waals surface area (Å²) in [7, 11) is 0. The fourth-order valence-electron chi connectivity index (χ4n) is 2.94. The Morgan fingerprint density at radius 2 is 1.50 bits per heavy atom. The van der Waals surface area contributed by atoms with E-state index in [0.717, 1.165) is 21.6 Å². The van der Waals surface area contributed by atoms with Crippen LogP contribution in [0.25, 0.3) is 0 Å². The smallest absolute Gasteiger partial charge is 0.262 e. The maximum atomic E-state index is 12.4. The van der Waals surface area contributed by atoms with Crippen molar-refractivity contribution in [2.45, 2.75) is 20.8 Å². The van der Waals surface area contributed by atoms with Gasteiger partial charge in [-0.3, -0.25) is 19.3 Å². The fourth-order valence-corrected chi connectivity index (χ4v) is 2.94. The number of amides is 3. The van der Waals surface area contributed by atoms with Gasteiger partial charge in [0.15, 0.2) is 0 Å². The van der Waals surface area contributed by atoms with Crippen molar-refractivity contribution in [3.8, 4) is 0 Å². The molecule has 3 amide bonds. The van der Waals surface area contributed by atoms with Crippen LogP contribution in [0, 0.1) is 20.8 Å². The van der Waals surface area contributed by atoms with Gasteiger partial charge in [-0.25, -0.2) is 0 Å². The van der Waals surface area contributed by atoms with Crippen LogP contribution < -0.4 is 5.32 Å². The average Bonchev–Trinajstić information content (AvgIpc) is 2.71. The number of rotatable bonds is 3. The highest BCUT2D eigenvalue weighted by Gasteiger charge is 2.36. The zero-order valence-corrected chi connectivity index (χ0v) is 13.8. The first-order valence-electron chi connectivity index (χ1n) is 7.70. The van der Waals surface area contributed by atoms with Gasteiger partial charge in [-0.1, -0.05) is 17.7 Å². The first-order chi connectivity index (χ1) is 11.3. The monoisotopic (exact) mass is 322 g/mol. The summed E-state index contributed by atoms with van der Waals surface area (Å²) >= 11 is 0. The standard InChI is InChI=1S/C19H18N2O3/c1-11-4-5-15-16(9-11)19(24)21(18(15)23)10-17(22)20-14-7-12(2)6-13(3)8-14/h4-9H,10H2,1-3H3,(H,20,22). The number of benzene rings is 2. The van der Waals surface area contributed by atoms with E-state index in [-0.39, 0.29) is 6.54 Å². The fraction of sp³-hybridized carbons (Fsp3) is 0.211. The molecule has 0 spiro atoms. The molecule has 2 aromatic carbocycles. The highest BCUT2D eigenvalue weighted by Crippen LogP contribution is 2.24. The number of carbonyl (C=O) groups excluding carboxylic acids is 3. The highest BCUT2D eigenvalue weighted by molar-refractivity contribution is 6.22. The minimum absolute atomic E-state index is 0.293. The van der Waals surface area contributed by atoms with Crippen LogP contribution in [0.3, 0.4) is 0 Å². The number of hydrogen-bond acceptors (Lipinski definition) is 3. The van der Waals surface area contributed by atoms with Gasteiger partial charge in [0.2, 0.25) is 5.91 Å². The van der Waals surface area contributed by atoms with Crippen LogP contribution >= 0.6 is 0 Å². The van der Waals surface area contributed by atoms with E-state index in [1.807, 2.05) is 39.0 Å². The normalized spacial score (nSPS) is 13.2. The number of fused-ring (bicyclic) bond motifs is 1. The van der Waals surface area contributed by atoms with Gasteiger partial charge in [0, 0.05) is 5.69 Å². The second kappa shape index (κ2) is 5.92. The molecular formula is C19H18N2O3. The van der Waals surface area contributed by atoms with Crippen LogP contribution in [0.4, 0.5) is 5.69 Å². The Kier molecular flexibility index (Phi) is 3.93. The molecule has 1 N–H and O–H groups in total. The zero-order chi connectivity index (χ0) is 17.4. The zero-order valence-electron chi connectivity index (χ0n) is 13.8. The summed E-state index contributed by atoms with van der Waals surface area (Å²) in [4.78, 5) is 38.0. The van der Waals surface area contributed by atoms with E-state index in [0.29, 0.717) is 16.8 Å². The van der Waals surface area contributed by atoms with E-state index in [9.17, 15) is 14.4 Å². The van der Waals surface area contributed by atoms with Crippen LogP contribution in [-0.2, 0) is 4.79 Å². The molecule has 1 heterocycles. The number of carbonyl (C=O) groups is 3. The Balaban J connectivity index is 1.76. The van der Waals surface area contributed by atoms with Crippen molar-refractivity contribution in [1.29, 1.82) is 0 Å². The molecular weight excluding hydrogens is 304 g/mol. The largest absolute Gasteiger partial charge is 0.325 e. The number of nitrogens with zero attached hydrogens (tertiary/aromatic N) is 1. The first-order valence-corrected chi connectivity index (χ1v) is 7.70. The molecule has 122 valence electrons. The van der Waals surface area contributed by atoms with E-state index in [4.69, 9.17) is 0 Å². The van der Waals surface area contributed by atoms with Crippen LogP contribution in [0.5, 0.6) is 0 Å². The molecule has 0 fully saturated rings. The Labute approximate surface area is 140 Å². The molecule has 1 aliphatic rings. The van der Waals surface area contributed by atoms with E-state index < -0.39 is 17.7 Å². The van der Waals surface area contributed by atoms with Crippen molar-refractivity contribution in [2.75, 3.05) is 11.9 Å². The summed E-state index contributed by atoms with van der Waals surface area (Å²) in [6.07, 6.45) is 0. The number of aryl methyl sites for hydroxylation is 3. The summed E-state index contributed by atoms with van der Waals surface area (Å²) in [6, 6.07) is 10.8. The first kappa shape index (κ1) is 15.9. The van der Waals surface area contributed by atoms with Crippen LogP contribution in [-0.4, -0.2) is 29.2 Å². The van der Waals surface area contributed by atoms with Gasteiger partial charge in [0.1, 0.15) is 6.54 Å². The summed E-state index contributed by atoms with van der Waals surface area (Å²) in [5.41, 5.74) is 4.33. The van der Waals surface area contributed by atoms with Gasteiger partial charge in [-0.15, -0.1) is 0 Å². The molecule has 24 heavy (non-hydrogen) atoms. The van der Waals surface area contributed by atoms with E-state index in [2.05, 4.69) is 5.32 Å². The van der Waals surface area contributed by atoms with Gasteiger partial charge in [-0.05, 0) is 56.2 Å². The van der Waals surface area contributed by atoms with Crippen LogP contribution in [0.2, 0.25) is 0 Å². The van der Waals surface area contributed by atoms with Gasteiger partial charge in [0.25, 0.3) is 11.8 Å². The predicted molar refractivity (Wildman–Crippen MR) is 91.1 cm³/mol. The molecule has 2 aromatic rings. The molecule has 1 aliphatic heterocycles. The highest BCUT2D eigenvalue weighted by atomic mass is 16.2. The summed E-state index contributed by atoms with van der Waals surface area (Å²) < 4.78 is 0. The molecule has 0 unspecified atom stereocenters. The maximum Gasteiger partial charge on any atom is 0.262 e. The lowest BCUT2D eigenvalue weighted by atomic mass is 10.1. The summed E-state index contributed by atoms with van der Waals surface area (Å²) in [5.74, 6) is -1.24. The number of nitrogens with one attached hydrogen (secondary N) is 1. The average molecular weight is 322 g/mol. The third-order valence-electron chi connectivity index (χ3n) is 3.93. The van der Waals surface area contributed by atoms with Crippen molar-refractivity contribution in [1.82, 2.24) is 4.90 Å². The minimum Gasteiger partial charge on any atom is -0.325 e. The van der Waals surface area contributed by atoms with E-state index >= 15 is 0 Å². The van der Waals surface area contributed by atoms with Crippen molar-refractivity contribution in [3.05, 3.63) is 64.2 Å². The molecule has 3 rings (SSSR count). The third kappa shape index (κ3) is 2.93. The molecule has 0 radical (unpaired) electrons. The SMILES string of the molecule is Cc1cc(C)cc(NC(=O)CN2C(=O)c3ccc(C)cc3C2=O)c1. The third-order valence-corrected chi connectivity index (χ3v) is 3.93. The molecule has 0 saturated heterocycles. The molecule has 0 aromatic heterocycles. The maximum absolute atomic E-state index is 12.4. The summed E-state index contributed by atoms with van der Waals surface area (Å²) in [6.45, 7) is 5.44. The lowest BCUT2D eigenvalue weighted by molar-refractivity contribution is -0.116. The quantitative estimate of drug-likeness (QED) is 0.884. The lowest BCUT2D eigenvalue weighted by Crippen LogP contribution is -2.37. The van der Waals surface area contributed by atoms with Crippen LogP contribution in [0.1, 0.15) is 37.4 Å². The molecule has 0 atom stereocenters. The molecule has 0 aliphatic carbocycles. The van der Waals surface area contributed by atoms with Crippen molar-refractivity contribution < 1.29 is 14.4 Å². The van der Waals surface area contributed by atoms with Crippen molar-refractivity contribution in [3.63, 3.8) is 0 Å². The number of hydrogen-bond donors (Lipinski definition) is 1. The van der Waals surface area contributed by atoms with Gasteiger partial charge in [-0.2, -0.15) is 0 Å². The molecule has 5 nitrogen and oxygen atoms in total. The Hall–Kier alpha value is -2.95. The molecule has 0 bridgehead atoms. The molecule has 5 heteroatoms. The topological polar surface area (TPSA) is 66.5 Å². The number of anilines is 1. The van der Waals surface area contributed by atoms with Gasteiger partial charge in [0.05, 0.1) is 11.1 Å². The lowest BCUT2D eigenvalue weighted by Gasteiger charge is -2.14. The Bertz CT molecular complexity index is 851. The van der Waals surface area contributed by atoms with E-state index in [1.165, 1.54) is 0 Å². The number of imide groups is 1. The predicted octanol–water partition coefficient (Wildman–Crippen LogP) is 2.85. The summed E-state index contributed by atoms with van der Waals surface area (Å²) in [5, 5.41) is 2.74. The second-order valence-electron chi connectivity index (χ2n) is 6.17. The second-order valence-corrected chi connectivity index (χ2v) is 6.17.